The van der Waals surface area contributed by atoms with E-state index in [9.17, 15) is 4.79 Å². The molecular weight excluding hydrogens is 438 g/mol. The molecule has 24 heavy (non-hydrogen) atoms. The molecule has 0 aliphatic heterocycles. The molecule has 3 rings (SSSR count). The average molecular weight is 453 g/mol. The monoisotopic (exact) mass is 451 g/mol. The van der Waals surface area contributed by atoms with Gasteiger partial charge >= 0.3 is 0 Å². The molecule has 0 spiro atoms. The van der Waals surface area contributed by atoms with E-state index in [4.69, 9.17) is 0 Å². The number of anilines is 1. The molecular formula is C16H15Br2N5O. The quantitative estimate of drug-likeness (QED) is 0.643. The zero-order chi connectivity index (χ0) is 17.1. The van der Waals surface area contributed by atoms with Gasteiger partial charge in [0.15, 0.2) is 0 Å². The zero-order valence-corrected chi connectivity index (χ0v) is 16.1. The maximum absolute atomic E-state index is 12.2. The fraction of sp³-hybridized carbons (Fsp3) is 0.188. The molecule has 0 aliphatic carbocycles. The van der Waals surface area contributed by atoms with Gasteiger partial charge in [-0.05, 0) is 56.5 Å². The summed E-state index contributed by atoms with van der Waals surface area (Å²) in [6.07, 6.45) is 5.44. The van der Waals surface area contributed by atoms with Crippen LogP contribution in [0.3, 0.4) is 0 Å². The molecule has 2 aromatic heterocycles. The van der Waals surface area contributed by atoms with E-state index in [2.05, 4.69) is 47.4 Å². The topological polar surface area (TPSA) is 64.7 Å². The van der Waals surface area contributed by atoms with Crippen molar-refractivity contribution in [2.75, 3.05) is 5.32 Å². The van der Waals surface area contributed by atoms with Crippen LogP contribution in [0, 0.1) is 6.92 Å². The van der Waals surface area contributed by atoms with Crippen LogP contribution in [0.1, 0.15) is 11.3 Å². The van der Waals surface area contributed by atoms with Crippen LogP contribution in [-0.2, 0) is 17.9 Å². The van der Waals surface area contributed by atoms with E-state index in [1.165, 1.54) is 0 Å². The second-order valence-corrected chi connectivity index (χ2v) is 7.13. The molecule has 3 aromatic rings. The van der Waals surface area contributed by atoms with E-state index in [0.717, 1.165) is 25.9 Å². The molecule has 0 aliphatic rings. The van der Waals surface area contributed by atoms with Crippen molar-refractivity contribution in [2.45, 2.75) is 20.0 Å². The molecule has 0 saturated heterocycles. The Balaban J connectivity index is 1.64. The first-order valence-electron chi connectivity index (χ1n) is 7.26. The molecule has 0 unspecified atom stereocenters. The Labute approximate surface area is 156 Å². The second-order valence-electron chi connectivity index (χ2n) is 5.36. The summed E-state index contributed by atoms with van der Waals surface area (Å²) in [5.74, 6) is -0.121. The molecule has 1 N–H and O–H groups in total. The third-order valence-corrected chi connectivity index (χ3v) is 4.54. The number of amides is 1. The summed E-state index contributed by atoms with van der Waals surface area (Å²) in [4.78, 5) is 12.2. The van der Waals surface area contributed by atoms with Gasteiger partial charge in [0, 0.05) is 18.1 Å². The van der Waals surface area contributed by atoms with Crippen LogP contribution in [0.5, 0.6) is 0 Å². The van der Waals surface area contributed by atoms with Gasteiger partial charge in [0.25, 0.3) is 0 Å². The fourth-order valence-electron chi connectivity index (χ4n) is 2.28. The summed E-state index contributed by atoms with van der Waals surface area (Å²) in [5, 5.41) is 11.4. The predicted octanol–water partition coefficient (Wildman–Crippen LogP) is 3.60. The van der Waals surface area contributed by atoms with Crippen LogP contribution in [0.15, 0.2) is 51.8 Å². The highest BCUT2D eigenvalue weighted by Gasteiger charge is 2.08. The van der Waals surface area contributed by atoms with Crippen molar-refractivity contribution in [3.8, 4) is 0 Å². The van der Waals surface area contributed by atoms with Crippen LogP contribution in [0.25, 0.3) is 0 Å². The molecule has 0 bridgehead atoms. The Morgan fingerprint density at radius 1 is 1.25 bits per heavy atom. The number of aromatic nitrogens is 4. The highest BCUT2D eigenvalue weighted by atomic mass is 79.9. The van der Waals surface area contributed by atoms with E-state index in [-0.39, 0.29) is 12.5 Å². The number of benzene rings is 1. The maximum Gasteiger partial charge on any atom is 0.246 e. The van der Waals surface area contributed by atoms with Gasteiger partial charge in [0.1, 0.15) is 6.54 Å². The van der Waals surface area contributed by atoms with Crippen LogP contribution < -0.4 is 5.32 Å². The SMILES string of the molecule is Cc1nn(CC(=O)Nc2cccc(Cn3cc(Br)cn3)c2)cc1Br. The van der Waals surface area contributed by atoms with Gasteiger partial charge in [0.05, 0.1) is 27.4 Å². The number of hydrogen-bond donors (Lipinski definition) is 1. The lowest BCUT2D eigenvalue weighted by atomic mass is 10.2. The van der Waals surface area contributed by atoms with Crippen molar-refractivity contribution in [2.24, 2.45) is 0 Å². The normalized spacial score (nSPS) is 10.8. The van der Waals surface area contributed by atoms with Gasteiger partial charge in [-0.1, -0.05) is 12.1 Å². The van der Waals surface area contributed by atoms with Gasteiger partial charge in [-0.15, -0.1) is 0 Å². The Bertz CT molecular complexity index is 851. The number of nitrogens with one attached hydrogen (secondary N) is 1. The standard InChI is InChI=1S/C16H15Br2N5O/c1-11-15(18)9-23(21-11)10-16(24)20-14-4-2-3-12(5-14)7-22-8-13(17)6-19-22/h2-6,8-9H,7,10H2,1H3,(H,20,24). The van der Waals surface area contributed by atoms with Crippen LogP contribution in [0.4, 0.5) is 5.69 Å². The fourth-order valence-corrected chi connectivity index (χ4v) is 2.93. The van der Waals surface area contributed by atoms with E-state index >= 15 is 0 Å². The van der Waals surface area contributed by atoms with E-state index in [0.29, 0.717) is 6.54 Å². The van der Waals surface area contributed by atoms with Crippen molar-refractivity contribution in [3.05, 3.63) is 63.1 Å². The summed E-state index contributed by atoms with van der Waals surface area (Å²) >= 11 is 6.77. The van der Waals surface area contributed by atoms with Crippen LogP contribution >= 0.6 is 31.9 Å². The molecule has 8 heteroatoms. The third-order valence-electron chi connectivity index (χ3n) is 3.35. The minimum atomic E-state index is -0.121. The van der Waals surface area contributed by atoms with Crippen molar-refractivity contribution in [1.82, 2.24) is 19.6 Å². The van der Waals surface area contributed by atoms with E-state index in [1.54, 1.807) is 17.1 Å². The third kappa shape index (κ3) is 4.33. The van der Waals surface area contributed by atoms with Gasteiger partial charge in [-0.3, -0.25) is 14.2 Å². The number of nitrogens with zero attached hydrogens (tertiary/aromatic N) is 4. The minimum absolute atomic E-state index is 0.121. The summed E-state index contributed by atoms with van der Waals surface area (Å²) < 4.78 is 5.27. The zero-order valence-electron chi connectivity index (χ0n) is 12.9. The molecule has 1 aromatic carbocycles. The van der Waals surface area contributed by atoms with E-state index < -0.39 is 0 Å². The molecule has 1 amide bonds. The molecule has 6 nitrogen and oxygen atoms in total. The van der Waals surface area contributed by atoms with Crippen LogP contribution in [0.2, 0.25) is 0 Å². The van der Waals surface area contributed by atoms with Crippen LogP contribution in [-0.4, -0.2) is 25.5 Å². The number of rotatable bonds is 5. The molecule has 2 heterocycles. The lowest BCUT2D eigenvalue weighted by Crippen LogP contribution is -2.19. The largest absolute Gasteiger partial charge is 0.324 e. The Morgan fingerprint density at radius 3 is 2.75 bits per heavy atom. The molecule has 0 atom stereocenters. The molecule has 0 fully saturated rings. The first-order chi connectivity index (χ1) is 11.5. The summed E-state index contributed by atoms with van der Waals surface area (Å²) in [5.41, 5.74) is 2.67. The Hall–Kier alpha value is -1.93. The number of halogens is 2. The number of carbonyl (C=O) groups is 1. The summed E-state index contributed by atoms with van der Waals surface area (Å²) in [6, 6.07) is 7.72. The van der Waals surface area contributed by atoms with Gasteiger partial charge in [-0.25, -0.2) is 0 Å². The van der Waals surface area contributed by atoms with Crippen molar-refractivity contribution in [1.29, 1.82) is 0 Å². The van der Waals surface area contributed by atoms with Gasteiger partial charge in [0.2, 0.25) is 5.91 Å². The number of carbonyl (C=O) groups excluding carboxylic acids is 1. The lowest BCUT2D eigenvalue weighted by Gasteiger charge is -2.08. The Kier molecular flexibility index (Phi) is 5.15. The summed E-state index contributed by atoms with van der Waals surface area (Å²) in [6.45, 7) is 2.69. The highest BCUT2D eigenvalue weighted by Crippen LogP contribution is 2.15. The predicted molar refractivity (Wildman–Crippen MR) is 98.8 cm³/mol. The summed E-state index contributed by atoms with van der Waals surface area (Å²) in [7, 11) is 0. The number of aryl methyl sites for hydroxylation is 1. The highest BCUT2D eigenvalue weighted by molar-refractivity contribution is 9.10. The smallest absolute Gasteiger partial charge is 0.246 e. The lowest BCUT2D eigenvalue weighted by molar-refractivity contribution is -0.116. The van der Waals surface area contributed by atoms with E-state index in [1.807, 2.05) is 42.1 Å². The minimum Gasteiger partial charge on any atom is -0.324 e. The molecule has 0 saturated carbocycles. The molecule has 0 radical (unpaired) electrons. The number of hydrogen-bond acceptors (Lipinski definition) is 3. The average Bonchev–Trinajstić information content (AvgIpc) is 3.05. The molecule has 124 valence electrons. The van der Waals surface area contributed by atoms with Crippen molar-refractivity contribution in [3.63, 3.8) is 0 Å². The Morgan fingerprint density at radius 2 is 2.08 bits per heavy atom. The maximum atomic E-state index is 12.2. The van der Waals surface area contributed by atoms with Crippen molar-refractivity contribution >= 4 is 43.5 Å². The van der Waals surface area contributed by atoms with Gasteiger partial charge < -0.3 is 5.32 Å². The van der Waals surface area contributed by atoms with Gasteiger partial charge in [-0.2, -0.15) is 10.2 Å². The first kappa shape index (κ1) is 16.9. The second kappa shape index (κ2) is 7.31. The first-order valence-corrected chi connectivity index (χ1v) is 8.84. The van der Waals surface area contributed by atoms with Crippen molar-refractivity contribution < 1.29 is 4.79 Å².